The summed E-state index contributed by atoms with van der Waals surface area (Å²) in [5, 5.41) is 6.09. The topological polar surface area (TPSA) is 21.3 Å². The summed E-state index contributed by atoms with van der Waals surface area (Å²) < 4.78 is 10.4. The van der Waals surface area contributed by atoms with E-state index < -0.39 is 0 Å². The molecule has 0 aliphatic carbocycles. The van der Waals surface area contributed by atoms with E-state index in [1.54, 1.807) is 0 Å². The highest BCUT2D eigenvalue weighted by atomic mass is 32.1. The van der Waals surface area contributed by atoms with Crippen LogP contribution in [0.5, 0.6) is 0 Å². The minimum absolute atomic E-state index is 0.864. The molecule has 0 atom stereocenters. The van der Waals surface area contributed by atoms with Gasteiger partial charge in [0.05, 0.1) is 11.2 Å². The van der Waals surface area contributed by atoms with Crippen molar-refractivity contribution in [3.8, 4) is 39.1 Å². The maximum absolute atomic E-state index is 6.65. The second kappa shape index (κ2) is 14.0. The Hall–Kier alpha value is -7.66. The Morgan fingerprint density at radius 1 is 0.400 bits per heavy atom. The van der Waals surface area contributed by atoms with E-state index in [2.05, 4.69) is 222 Å². The van der Waals surface area contributed by atoms with Crippen LogP contribution in [0.25, 0.3) is 92.2 Å². The van der Waals surface area contributed by atoms with Crippen molar-refractivity contribution in [3.63, 3.8) is 0 Å². The zero-order valence-corrected chi connectivity index (χ0v) is 33.3. The summed E-state index contributed by atoms with van der Waals surface area (Å²) in [6.07, 6.45) is 0. The van der Waals surface area contributed by atoms with Crippen LogP contribution in [0.4, 0.5) is 17.1 Å². The van der Waals surface area contributed by atoms with Gasteiger partial charge in [-0.25, -0.2) is 0 Å². The van der Waals surface area contributed by atoms with E-state index in [1.165, 1.54) is 70.3 Å². The highest BCUT2D eigenvalue weighted by Gasteiger charge is 2.22. The number of nitrogens with zero attached hydrogens (tertiary/aromatic N) is 2. The van der Waals surface area contributed by atoms with Crippen LogP contribution < -0.4 is 4.90 Å². The first kappa shape index (κ1) is 34.4. The Labute approximate surface area is 351 Å². The van der Waals surface area contributed by atoms with E-state index in [4.69, 9.17) is 4.42 Å². The molecule has 4 heteroatoms. The molecule has 0 spiro atoms. The third-order valence-electron chi connectivity index (χ3n) is 11.8. The second-order valence-corrected chi connectivity index (χ2v) is 16.3. The zero-order valence-electron chi connectivity index (χ0n) is 32.5. The molecular formula is C56H36N2OS. The van der Waals surface area contributed by atoms with Crippen molar-refractivity contribution < 1.29 is 4.42 Å². The summed E-state index contributed by atoms with van der Waals surface area (Å²) in [5.74, 6) is 0. The molecule has 0 N–H and O–H groups in total. The number of para-hydroxylation sites is 4. The Bertz CT molecular complexity index is 3510. The van der Waals surface area contributed by atoms with Gasteiger partial charge in [-0.3, -0.25) is 0 Å². The molecule has 0 saturated heterocycles. The van der Waals surface area contributed by atoms with Crippen LogP contribution in [0.1, 0.15) is 0 Å². The largest absolute Gasteiger partial charge is 0.454 e. The van der Waals surface area contributed by atoms with E-state index in [0.717, 1.165) is 39.0 Å². The highest BCUT2D eigenvalue weighted by Crippen LogP contribution is 2.47. The smallest absolute Gasteiger partial charge is 0.159 e. The van der Waals surface area contributed by atoms with Crippen molar-refractivity contribution >= 4 is 81.5 Å². The molecule has 282 valence electrons. The van der Waals surface area contributed by atoms with Gasteiger partial charge in [0.1, 0.15) is 10.4 Å². The van der Waals surface area contributed by atoms with E-state index in [9.17, 15) is 0 Å². The fraction of sp³-hybridized carbons (Fsp3) is 0. The molecule has 0 amide bonds. The van der Waals surface area contributed by atoms with Crippen LogP contribution in [-0.2, 0) is 0 Å². The van der Waals surface area contributed by atoms with Gasteiger partial charge in [0, 0.05) is 48.7 Å². The van der Waals surface area contributed by atoms with E-state index in [0.29, 0.717) is 0 Å². The Morgan fingerprint density at radius 3 is 1.67 bits per heavy atom. The maximum Gasteiger partial charge on any atom is 0.159 e. The molecular weight excluding hydrogens is 749 g/mol. The molecule has 3 aromatic heterocycles. The quantitative estimate of drug-likeness (QED) is 0.161. The average Bonchev–Trinajstić information content (AvgIpc) is 4.00. The van der Waals surface area contributed by atoms with Crippen LogP contribution in [0.2, 0.25) is 0 Å². The summed E-state index contributed by atoms with van der Waals surface area (Å²) in [6.45, 7) is 0. The standard InChI is InChI=1S/C56H36N2OS/c1-3-13-37(14-4-1)38-25-27-39(28-26-38)40-29-33-43(34-30-40)57(50-22-11-20-47-46-17-8-10-23-51(46)59-55(47)50)44-35-31-41(32-36-44)45-19-12-24-52-53(45)54-48-18-7-9-21-49(48)58(56(54)60-52)42-15-5-2-6-16-42/h1-36H. The molecule has 0 fully saturated rings. The molecule has 60 heavy (non-hydrogen) atoms. The molecule has 0 aliphatic rings. The first-order valence-corrected chi connectivity index (χ1v) is 21.2. The number of aromatic nitrogens is 1. The van der Waals surface area contributed by atoms with Crippen LogP contribution >= 0.6 is 11.3 Å². The third-order valence-corrected chi connectivity index (χ3v) is 13.0. The molecule has 3 heterocycles. The fourth-order valence-corrected chi connectivity index (χ4v) is 10.3. The van der Waals surface area contributed by atoms with Crippen molar-refractivity contribution in [2.45, 2.75) is 0 Å². The van der Waals surface area contributed by atoms with E-state index in [-0.39, 0.29) is 0 Å². The Balaban J connectivity index is 0.981. The lowest BCUT2D eigenvalue weighted by atomic mass is 9.98. The lowest BCUT2D eigenvalue weighted by molar-refractivity contribution is 0.669. The number of hydrogen-bond acceptors (Lipinski definition) is 3. The van der Waals surface area contributed by atoms with Gasteiger partial charge in [-0.05, 0) is 94.0 Å². The lowest BCUT2D eigenvalue weighted by Gasteiger charge is -2.26. The van der Waals surface area contributed by atoms with Crippen molar-refractivity contribution in [2.75, 3.05) is 4.90 Å². The summed E-state index contributed by atoms with van der Waals surface area (Å²) in [7, 11) is 0. The third kappa shape index (κ3) is 5.57. The van der Waals surface area contributed by atoms with Crippen molar-refractivity contribution in [3.05, 3.63) is 218 Å². The molecule has 0 saturated carbocycles. The normalized spacial score (nSPS) is 11.7. The minimum atomic E-state index is 0.864. The lowest BCUT2D eigenvalue weighted by Crippen LogP contribution is -2.10. The summed E-state index contributed by atoms with van der Waals surface area (Å²) in [5.41, 5.74) is 14.4. The predicted molar refractivity (Wildman–Crippen MR) is 254 cm³/mol. The molecule has 0 unspecified atom stereocenters. The maximum atomic E-state index is 6.65. The van der Waals surface area contributed by atoms with Crippen molar-refractivity contribution in [1.82, 2.24) is 4.57 Å². The Kier molecular flexibility index (Phi) is 8.03. The van der Waals surface area contributed by atoms with Gasteiger partial charge < -0.3 is 13.9 Å². The molecule has 0 bridgehead atoms. The first-order valence-electron chi connectivity index (χ1n) is 20.3. The number of anilines is 3. The molecule has 0 radical (unpaired) electrons. The number of furan rings is 1. The van der Waals surface area contributed by atoms with Gasteiger partial charge in [-0.1, -0.05) is 158 Å². The van der Waals surface area contributed by atoms with Crippen LogP contribution in [0.3, 0.4) is 0 Å². The van der Waals surface area contributed by atoms with Gasteiger partial charge in [0.2, 0.25) is 0 Å². The van der Waals surface area contributed by atoms with Gasteiger partial charge in [-0.2, -0.15) is 0 Å². The number of thiophene rings is 1. The van der Waals surface area contributed by atoms with Crippen LogP contribution in [-0.4, -0.2) is 4.57 Å². The number of fused-ring (bicyclic) bond motifs is 8. The van der Waals surface area contributed by atoms with Gasteiger partial charge in [0.15, 0.2) is 5.58 Å². The average molecular weight is 785 g/mol. The zero-order chi connectivity index (χ0) is 39.6. The first-order chi connectivity index (χ1) is 29.8. The van der Waals surface area contributed by atoms with Gasteiger partial charge >= 0.3 is 0 Å². The van der Waals surface area contributed by atoms with E-state index >= 15 is 0 Å². The van der Waals surface area contributed by atoms with Crippen molar-refractivity contribution in [1.29, 1.82) is 0 Å². The molecule has 9 aromatic carbocycles. The van der Waals surface area contributed by atoms with Crippen LogP contribution in [0.15, 0.2) is 223 Å². The molecule has 0 aliphatic heterocycles. The predicted octanol–water partition coefficient (Wildman–Crippen LogP) is 16.4. The summed E-state index contributed by atoms with van der Waals surface area (Å²) in [4.78, 5) is 3.59. The minimum Gasteiger partial charge on any atom is -0.454 e. The van der Waals surface area contributed by atoms with Crippen molar-refractivity contribution in [2.24, 2.45) is 0 Å². The van der Waals surface area contributed by atoms with Gasteiger partial charge in [-0.15, -0.1) is 11.3 Å². The van der Waals surface area contributed by atoms with E-state index in [1.807, 2.05) is 17.4 Å². The number of rotatable bonds is 7. The van der Waals surface area contributed by atoms with Gasteiger partial charge in [0.25, 0.3) is 0 Å². The SMILES string of the molecule is c1ccc(-c2ccc(-c3ccc(N(c4ccc(-c5cccc6sc7c(c8ccccc8n7-c7ccccc7)c56)cc4)c4cccc5c4oc4ccccc45)cc3)cc2)cc1. The molecule has 12 aromatic rings. The summed E-state index contributed by atoms with van der Waals surface area (Å²) >= 11 is 1.87. The summed E-state index contributed by atoms with van der Waals surface area (Å²) in [6, 6.07) is 78.3. The number of hydrogen-bond donors (Lipinski definition) is 0. The molecule has 12 rings (SSSR count). The highest BCUT2D eigenvalue weighted by molar-refractivity contribution is 7.26. The fourth-order valence-electron chi connectivity index (χ4n) is 9.02. The Morgan fingerprint density at radius 2 is 0.950 bits per heavy atom. The monoisotopic (exact) mass is 784 g/mol. The van der Waals surface area contributed by atoms with Crippen LogP contribution in [0, 0.1) is 0 Å². The number of benzene rings is 9. The second-order valence-electron chi connectivity index (χ2n) is 15.3. The molecule has 3 nitrogen and oxygen atoms in total.